The molecule has 0 aliphatic heterocycles. The highest BCUT2D eigenvalue weighted by atomic mass is 35.5. The summed E-state index contributed by atoms with van der Waals surface area (Å²) >= 11 is 13.3. The van der Waals surface area contributed by atoms with E-state index in [9.17, 15) is 14.7 Å². The van der Waals surface area contributed by atoms with Gasteiger partial charge < -0.3 is 15.2 Å². The van der Waals surface area contributed by atoms with E-state index in [0.717, 1.165) is 37.2 Å². The largest absolute Gasteiger partial charge is 0.508 e. The van der Waals surface area contributed by atoms with Crippen molar-refractivity contribution in [3.8, 4) is 11.5 Å². The van der Waals surface area contributed by atoms with Gasteiger partial charge in [0.25, 0.3) is 5.91 Å². The molecular weight excluding hydrogens is 509 g/mol. The maximum atomic E-state index is 14.0. The summed E-state index contributed by atoms with van der Waals surface area (Å²) in [7, 11) is 0. The highest BCUT2D eigenvalue weighted by Gasteiger charge is 2.38. The first-order chi connectivity index (χ1) is 16.9. The third-order valence-electron chi connectivity index (χ3n) is 5.86. The van der Waals surface area contributed by atoms with Gasteiger partial charge in [-0.15, -0.1) is 0 Å². The van der Waals surface area contributed by atoms with E-state index in [4.69, 9.17) is 27.9 Å². The number of para-hydroxylation sites is 2. The average molecular weight is 534 g/mol. The molecule has 2 amide bonds. The van der Waals surface area contributed by atoms with Gasteiger partial charge in [0.15, 0.2) is 5.69 Å². The highest BCUT2D eigenvalue weighted by molar-refractivity contribution is 7.11. The summed E-state index contributed by atoms with van der Waals surface area (Å²) in [5.74, 6) is -0.464. The molecule has 1 aliphatic carbocycles. The molecule has 1 fully saturated rings. The van der Waals surface area contributed by atoms with Gasteiger partial charge in [-0.3, -0.25) is 14.5 Å². The van der Waals surface area contributed by atoms with Gasteiger partial charge in [0.1, 0.15) is 26.9 Å². The van der Waals surface area contributed by atoms with Gasteiger partial charge in [-0.25, -0.2) is 0 Å². The second-order valence-corrected chi connectivity index (χ2v) is 9.93. The van der Waals surface area contributed by atoms with Crippen molar-refractivity contribution >= 4 is 52.2 Å². The monoisotopic (exact) mass is 533 g/mol. The molecule has 1 aromatic heterocycles. The first-order valence-corrected chi connectivity index (χ1v) is 12.9. The van der Waals surface area contributed by atoms with Gasteiger partial charge in [-0.1, -0.05) is 60.3 Å². The van der Waals surface area contributed by atoms with Crippen LogP contribution in [0.5, 0.6) is 11.5 Å². The zero-order valence-corrected chi connectivity index (χ0v) is 21.4. The summed E-state index contributed by atoms with van der Waals surface area (Å²) in [6, 6.07) is 12.1. The van der Waals surface area contributed by atoms with Crippen molar-refractivity contribution in [3.05, 3.63) is 69.1 Å². The van der Waals surface area contributed by atoms with E-state index in [-0.39, 0.29) is 32.8 Å². The van der Waals surface area contributed by atoms with E-state index < -0.39 is 11.9 Å². The second kappa shape index (κ2) is 11.3. The van der Waals surface area contributed by atoms with Crippen LogP contribution >= 0.6 is 34.7 Å². The summed E-state index contributed by atoms with van der Waals surface area (Å²) < 4.78 is 10.2. The third kappa shape index (κ3) is 5.55. The van der Waals surface area contributed by atoms with E-state index in [1.807, 2.05) is 6.92 Å². The number of hydrogen-bond acceptors (Lipinski definition) is 6. The van der Waals surface area contributed by atoms with E-state index in [1.54, 1.807) is 36.4 Å². The van der Waals surface area contributed by atoms with Gasteiger partial charge in [0.2, 0.25) is 5.91 Å². The molecule has 1 heterocycles. The minimum Gasteiger partial charge on any atom is -0.508 e. The number of phenolic OH excluding ortho intramolecular Hbond substituents is 1. The molecule has 0 unspecified atom stereocenters. The van der Waals surface area contributed by atoms with Gasteiger partial charge in [-0.2, -0.15) is 4.37 Å². The Morgan fingerprint density at radius 1 is 1.17 bits per heavy atom. The van der Waals surface area contributed by atoms with E-state index in [1.165, 1.54) is 17.0 Å². The molecule has 2 N–H and O–H groups in total. The lowest BCUT2D eigenvalue weighted by molar-refractivity contribution is -0.123. The van der Waals surface area contributed by atoms with Crippen LogP contribution in [0.25, 0.3) is 0 Å². The number of aromatic nitrogens is 1. The molecule has 0 bridgehead atoms. The first-order valence-electron chi connectivity index (χ1n) is 11.4. The number of halogens is 2. The minimum atomic E-state index is -1.08. The number of nitrogens with zero attached hydrogens (tertiary/aromatic N) is 2. The van der Waals surface area contributed by atoms with Crippen LogP contribution in [-0.2, 0) is 4.79 Å². The Hall–Kier alpha value is -2.81. The number of ether oxygens (including phenoxy) is 1. The summed E-state index contributed by atoms with van der Waals surface area (Å²) in [5.41, 5.74) is 0.847. The van der Waals surface area contributed by atoms with Gasteiger partial charge >= 0.3 is 0 Å². The fourth-order valence-corrected chi connectivity index (χ4v) is 5.22. The molecular formula is C25H25Cl2N3O4S. The van der Waals surface area contributed by atoms with Crippen LogP contribution in [0.1, 0.15) is 54.7 Å². The molecule has 0 saturated heterocycles. The summed E-state index contributed by atoms with van der Waals surface area (Å²) in [6.45, 7) is 2.20. The number of amides is 2. The Labute approximate surface area is 217 Å². The smallest absolute Gasteiger partial charge is 0.280 e. The number of carbonyl (C=O) groups excluding carboxylic acids is 2. The lowest BCUT2D eigenvalue weighted by Crippen LogP contribution is -2.46. The van der Waals surface area contributed by atoms with Crippen LogP contribution in [0.3, 0.4) is 0 Å². The molecule has 0 spiro atoms. The zero-order chi connectivity index (χ0) is 24.9. The first kappa shape index (κ1) is 25.3. The minimum absolute atomic E-state index is 0.0264. The Kier molecular flexibility index (Phi) is 8.15. The van der Waals surface area contributed by atoms with Crippen molar-refractivity contribution in [3.63, 3.8) is 0 Å². The highest BCUT2D eigenvalue weighted by Crippen LogP contribution is 2.39. The molecule has 35 heavy (non-hydrogen) atoms. The number of nitrogens with one attached hydrogen (secondary N) is 1. The van der Waals surface area contributed by atoms with E-state index in [0.29, 0.717) is 23.6 Å². The Morgan fingerprint density at radius 2 is 1.86 bits per heavy atom. The predicted molar refractivity (Wildman–Crippen MR) is 138 cm³/mol. The molecule has 184 valence electrons. The lowest BCUT2D eigenvalue weighted by Gasteiger charge is -2.33. The van der Waals surface area contributed by atoms with Crippen LogP contribution in [0, 0.1) is 0 Å². The number of rotatable bonds is 8. The van der Waals surface area contributed by atoms with Crippen LogP contribution in [0.2, 0.25) is 9.36 Å². The van der Waals surface area contributed by atoms with Crippen LogP contribution < -0.4 is 15.0 Å². The van der Waals surface area contributed by atoms with Gasteiger partial charge in [-0.05, 0) is 61.1 Å². The Morgan fingerprint density at radius 3 is 2.49 bits per heavy atom. The SMILES string of the molecule is CCOc1ccccc1N(C(=O)c1nsc(Cl)c1Cl)[C@@H](C(=O)NC1CCCC1)c1ccc(O)cc1. The number of benzene rings is 2. The number of hydrogen-bond donors (Lipinski definition) is 2. The van der Waals surface area contributed by atoms with Crippen molar-refractivity contribution in [2.24, 2.45) is 0 Å². The molecule has 2 aromatic carbocycles. The van der Waals surface area contributed by atoms with Crippen LogP contribution in [-0.4, -0.2) is 33.9 Å². The van der Waals surface area contributed by atoms with E-state index >= 15 is 0 Å². The molecule has 4 rings (SSSR count). The normalized spacial score (nSPS) is 14.5. The molecule has 7 nitrogen and oxygen atoms in total. The van der Waals surface area contributed by atoms with Crippen molar-refractivity contribution in [2.45, 2.75) is 44.7 Å². The number of anilines is 1. The third-order valence-corrected chi connectivity index (χ3v) is 7.47. The molecule has 1 aliphatic rings. The van der Waals surface area contributed by atoms with Crippen LogP contribution in [0.15, 0.2) is 48.5 Å². The van der Waals surface area contributed by atoms with Crippen molar-refractivity contribution in [1.29, 1.82) is 0 Å². The van der Waals surface area contributed by atoms with Gasteiger partial charge in [0.05, 0.1) is 12.3 Å². The van der Waals surface area contributed by atoms with Crippen LogP contribution in [0.4, 0.5) is 5.69 Å². The molecule has 1 saturated carbocycles. The summed E-state index contributed by atoms with van der Waals surface area (Å²) in [5, 5.41) is 13.0. The lowest BCUT2D eigenvalue weighted by atomic mass is 10.0. The molecule has 10 heteroatoms. The summed E-state index contributed by atoms with van der Waals surface area (Å²) in [4.78, 5) is 29.2. The number of carbonyl (C=O) groups is 2. The molecule has 0 radical (unpaired) electrons. The topological polar surface area (TPSA) is 91.8 Å². The predicted octanol–water partition coefficient (Wildman–Crippen LogP) is 6.00. The average Bonchev–Trinajstić information content (AvgIpc) is 3.48. The summed E-state index contributed by atoms with van der Waals surface area (Å²) in [6.07, 6.45) is 3.84. The molecule has 3 aromatic rings. The van der Waals surface area contributed by atoms with E-state index in [2.05, 4.69) is 9.69 Å². The molecule has 1 atom stereocenters. The fraction of sp³-hybridized carbons (Fsp3) is 0.320. The Balaban J connectivity index is 1.88. The van der Waals surface area contributed by atoms with Gasteiger partial charge in [0, 0.05) is 6.04 Å². The Bertz CT molecular complexity index is 1200. The van der Waals surface area contributed by atoms with Crippen molar-refractivity contribution in [1.82, 2.24) is 9.69 Å². The van der Waals surface area contributed by atoms with Crippen molar-refractivity contribution < 1.29 is 19.4 Å². The maximum absolute atomic E-state index is 14.0. The maximum Gasteiger partial charge on any atom is 0.280 e. The quantitative estimate of drug-likeness (QED) is 0.370. The number of phenols is 1. The fourth-order valence-electron chi connectivity index (χ4n) is 4.23. The number of aromatic hydroxyl groups is 1. The second-order valence-electron chi connectivity index (χ2n) is 8.18. The standard InChI is InChI=1S/C25H25Cl2N3O4S/c1-2-34-19-10-6-5-9-18(19)30(25(33)21-20(26)23(27)35-29-21)22(15-11-13-17(31)14-12-15)24(32)28-16-7-3-4-8-16/h5-6,9-14,16,22,31H,2-4,7-8H2,1H3,(H,28,32)/t22-/m1/s1. The zero-order valence-electron chi connectivity index (χ0n) is 19.0. The van der Waals surface area contributed by atoms with Crippen molar-refractivity contribution in [2.75, 3.05) is 11.5 Å².